The Bertz CT molecular complexity index is 1270. The zero-order valence-corrected chi connectivity index (χ0v) is 20.5. The number of nitrogens with zero attached hydrogens (tertiary/aromatic N) is 1. The zero-order chi connectivity index (χ0) is 23.5. The largest absolute Gasteiger partial charge is 0.507 e. The predicted molar refractivity (Wildman–Crippen MR) is 137 cm³/mol. The summed E-state index contributed by atoms with van der Waals surface area (Å²) >= 11 is 2.16. The maximum Gasteiger partial charge on any atom is 0.260 e. The summed E-state index contributed by atoms with van der Waals surface area (Å²) in [6, 6.07) is 19.1. The Labute approximate surface area is 206 Å². The maximum absolute atomic E-state index is 12.4. The molecule has 33 heavy (non-hydrogen) atoms. The second-order valence-electron chi connectivity index (χ2n) is 8.20. The molecule has 3 N–H and O–H groups in total. The highest BCUT2D eigenvalue weighted by Gasteiger charge is 2.27. The highest BCUT2D eigenvalue weighted by Crippen LogP contribution is 2.31. The van der Waals surface area contributed by atoms with E-state index >= 15 is 0 Å². The molecule has 0 spiro atoms. The number of aromatic hydroxyl groups is 1. The van der Waals surface area contributed by atoms with Crippen LogP contribution in [-0.2, 0) is 17.9 Å². The molecule has 0 bridgehead atoms. The summed E-state index contributed by atoms with van der Waals surface area (Å²) in [6.45, 7) is 1.24. The van der Waals surface area contributed by atoms with Crippen molar-refractivity contribution in [2.75, 3.05) is 14.1 Å². The molecule has 2 amide bonds. The van der Waals surface area contributed by atoms with E-state index in [1.54, 1.807) is 18.3 Å². The van der Waals surface area contributed by atoms with E-state index in [0.29, 0.717) is 23.2 Å². The molecular formula is C26H24IN3O3. The van der Waals surface area contributed by atoms with Gasteiger partial charge in [0.15, 0.2) is 0 Å². The van der Waals surface area contributed by atoms with Gasteiger partial charge in [-0.05, 0) is 83.7 Å². The highest BCUT2D eigenvalue weighted by atomic mass is 127. The normalized spacial score (nSPS) is 14.4. The molecule has 3 aromatic carbocycles. The Kier molecular flexibility index (Phi) is 6.80. The molecule has 1 aliphatic heterocycles. The Morgan fingerprint density at radius 1 is 0.939 bits per heavy atom. The van der Waals surface area contributed by atoms with E-state index < -0.39 is 11.8 Å². The van der Waals surface area contributed by atoms with Crippen molar-refractivity contribution in [3.8, 4) is 16.9 Å². The number of hydrogen-bond acceptors (Lipinski definition) is 5. The molecule has 6 nitrogen and oxygen atoms in total. The highest BCUT2D eigenvalue weighted by molar-refractivity contribution is 14.1. The van der Waals surface area contributed by atoms with Crippen molar-refractivity contribution < 1.29 is 14.7 Å². The molecule has 0 radical (unpaired) electrons. The molecule has 0 fully saturated rings. The lowest BCUT2D eigenvalue weighted by Gasteiger charge is -2.18. The van der Waals surface area contributed by atoms with Gasteiger partial charge in [0, 0.05) is 39.6 Å². The molecule has 168 valence electrons. The fraction of sp³-hybridized carbons (Fsp3) is 0.154. The van der Waals surface area contributed by atoms with Crippen LogP contribution in [0.3, 0.4) is 0 Å². The van der Waals surface area contributed by atoms with Gasteiger partial charge in [-0.25, -0.2) is 0 Å². The van der Waals surface area contributed by atoms with Crippen molar-refractivity contribution >= 4 is 40.0 Å². The monoisotopic (exact) mass is 553 g/mol. The quantitative estimate of drug-likeness (QED) is 0.243. The van der Waals surface area contributed by atoms with Crippen molar-refractivity contribution in [3.05, 3.63) is 92.7 Å². The summed E-state index contributed by atoms with van der Waals surface area (Å²) in [5.41, 5.74) is 5.26. The Balaban J connectivity index is 1.51. The molecule has 3 aromatic rings. The van der Waals surface area contributed by atoms with E-state index in [1.807, 2.05) is 50.5 Å². The molecule has 0 aliphatic carbocycles. The molecule has 0 unspecified atom stereocenters. The lowest BCUT2D eigenvalue weighted by atomic mass is 9.95. The summed E-state index contributed by atoms with van der Waals surface area (Å²) < 4.78 is 0.940. The lowest BCUT2D eigenvalue weighted by Crippen LogP contribution is -2.37. The SMILES string of the molecule is CN(C)Cc1cccc(-c2ccc(CN/C=C3\C(=O)NC(=O)c4ccc(I)cc43)cc2O)c1. The van der Waals surface area contributed by atoms with Crippen LogP contribution in [0.5, 0.6) is 5.75 Å². The first-order chi connectivity index (χ1) is 15.8. The van der Waals surface area contributed by atoms with E-state index in [0.717, 1.165) is 26.8 Å². The second kappa shape index (κ2) is 9.76. The molecular weight excluding hydrogens is 529 g/mol. The summed E-state index contributed by atoms with van der Waals surface area (Å²) in [4.78, 5) is 26.6. The van der Waals surface area contributed by atoms with Crippen LogP contribution in [0.4, 0.5) is 0 Å². The number of fused-ring (bicyclic) bond motifs is 1. The van der Waals surface area contributed by atoms with Gasteiger partial charge in [-0.1, -0.05) is 30.3 Å². The van der Waals surface area contributed by atoms with Crippen molar-refractivity contribution in [1.29, 1.82) is 0 Å². The molecule has 0 atom stereocenters. The van der Waals surface area contributed by atoms with Crippen LogP contribution in [0.15, 0.2) is 66.9 Å². The topological polar surface area (TPSA) is 81.7 Å². The summed E-state index contributed by atoms with van der Waals surface area (Å²) in [6.07, 6.45) is 1.62. The number of amides is 2. The van der Waals surface area contributed by atoms with Crippen molar-refractivity contribution in [2.24, 2.45) is 0 Å². The number of halogens is 1. The van der Waals surface area contributed by atoms with E-state index in [1.165, 1.54) is 5.56 Å². The van der Waals surface area contributed by atoms with Gasteiger partial charge >= 0.3 is 0 Å². The minimum Gasteiger partial charge on any atom is -0.507 e. The van der Waals surface area contributed by atoms with E-state index in [2.05, 4.69) is 50.3 Å². The number of phenols is 1. The molecule has 1 aliphatic rings. The third kappa shape index (κ3) is 5.26. The maximum atomic E-state index is 12.4. The van der Waals surface area contributed by atoms with Gasteiger partial charge in [-0.15, -0.1) is 0 Å². The summed E-state index contributed by atoms with van der Waals surface area (Å²) in [5, 5.41) is 16.2. The Hall–Kier alpha value is -3.17. The first-order valence-electron chi connectivity index (χ1n) is 10.5. The third-order valence-electron chi connectivity index (χ3n) is 5.34. The molecule has 0 saturated heterocycles. The molecule has 1 heterocycles. The third-order valence-corrected chi connectivity index (χ3v) is 6.01. The lowest BCUT2D eigenvalue weighted by molar-refractivity contribution is -0.114. The number of carbonyl (C=O) groups is 2. The van der Waals surface area contributed by atoms with Gasteiger partial charge in [0.2, 0.25) is 0 Å². The molecule has 0 saturated carbocycles. The van der Waals surface area contributed by atoms with Gasteiger partial charge in [-0.3, -0.25) is 14.9 Å². The number of nitrogens with one attached hydrogen (secondary N) is 2. The summed E-state index contributed by atoms with van der Waals surface area (Å²) in [5.74, 6) is -0.624. The average Bonchev–Trinajstić information content (AvgIpc) is 2.75. The average molecular weight is 553 g/mol. The number of benzene rings is 3. The predicted octanol–water partition coefficient (Wildman–Crippen LogP) is 4.13. The number of imide groups is 1. The minimum atomic E-state index is -0.433. The number of carbonyl (C=O) groups excluding carboxylic acids is 2. The number of hydrogen-bond donors (Lipinski definition) is 3. The standard InChI is InChI=1S/C26H24IN3O3/c1-30(2)15-17-4-3-5-18(10-17)20-8-6-16(11-24(20)31)13-28-14-23-22-12-19(27)7-9-21(22)25(32)29-26(23)33/h3-12,14,28,31H,13,15H2,1-2H3,(H,29,32,33)/b23-14-. The number of rotatable bonds is 6. The van der Waals surface area contributed by atoms with Crippen molar-refractivity contribution in [3.63, 3.8) is 0 Å². The van der Waals surface area contributed by atoms with Gasteiger partial charge in [0.25, 0.3) is 11.8 Å². The second-order valence-corrected chi connectivity index (χ2v) is 9.45. The molecule has 0 aromatic heterocycles. The Morgan fingerprint density at radius 3 is 2.48 bits per heavy atom. The smallest absolute Gasteiger partial charge is 0.260 e. The van der Waals surface area contributed by atoms with Crippen molar-refractivity contribution in [1.82, 2.24) is 15.5 Å². The van der Waals surface area contributed by atoms with Gasteiger partial charge in [0.05, 0.1) is 5.57 Å². The van der Waals surface area contributed by atoms with Crippen LogP contribution in [0.25, 0.3) is 16.7 Å². The molecule has 7 heteroatoms. The minimum absolute atomic E-state index is 0.199. The fourth-order valence-corrected chi connectivity index (χ4v) is 4.34. The van der Waals surface area contributed by atoms with Gasteiger partial charge in [0.1, 0.15) is 5.75 Å². The van der Waals surface area contributed by atoms with E-state index in [-0.39, 0.29) is 5.75 Å². The first-order valence-corrected chi connectivity index (χ1v) is 11.5. The van der Waals surface area contributed by atoms with Gasteiger partial charge in [-0.2, -0.15) is 0 Å². The van der Waals surface area contributed by atoms with Crippen LogP contribution in [0.2, 0.25) is 0 Å². The van der Waals surface area contributed by atoms with Crippen LogP contribution < -0.4 is 10.6 Å². The number of phenolic OH excluding ortho intramolecular Hbond substituents is 1. The summed E-state index contributed by atoms with van der Waals surface area (Å²) in [7, 11) is 4.05. The van der Waals surface area contributed by atoms with Crippen LogP contribution in [-0.4, -0.2) is 35.9 Å². The first kappa shape index (κ1) is 23.0. The van der Waals surface area contributed by atoms with Crippen LogP contribution in [0, 0.1) is 3.57 Å². The van der Waals surface area contributed by atoms with Crippen molar-refractivity contribution in [2.45, 2.75) is 13.1 Å². The van der Waals surface area contributed by atoms with E-state index in [9.17, 15) is 14.7 Å². The van der Waals surface area contributed by atoms with Crippen LogP contribution >= 0.6 is 22.6 Å². The van der Waals surface area contributed by atoms with Gasteiger partial charge < -0.3 is 15.3 Å². The van der Waals surface area contributed by atoms with E-state index in [4.69, 9.17) is 0 Å². The Morgan fingerprint density at radius 2 is 1.73 bits per heavy atom. The zero-order valence-electron chi connectivity index (χ0n) is 18.4. The van der Waals surface area contributed by atoms with Crippen LogP contribution in [0.1, 0.15) is 27.0 Å². The molecule has 4 rings (SSSR count). The fourth-order valence-electron chi connectivity index (χ4n) is 3.85.